The smallest absolute Gasteiger partial charge is 0.229 e. The number of hydrogen-bond donors (Lipinski definition) is 4. The summed E-state index contributed by atoms with van der Waals surface area (Å²) in [7, 11) is 2.15. The lowest BCUT2D eigenvalue weighted by Crippen LogP contribution is -2.32. The number of aromatic nitrogens is 2. The first-order chi connectivity index (χ1) is 17.0. The van der Waals surface area contributed by atoms with Crippen LogP contribution in [0.3, 0.4) is 0 Å². The van der Waals surface area contributed by atoms with Gasteiger partial charge in [-0.1, -0.05) is 18.7 Å². The van der Waals surface area contributed by atoms with Crippen molar-refractivity contribution in [2.24, 2.45) is 5.92 Å². The number of nitrogens with one attached hydrogen (secondary N) is 3. The molecule has 184 valence electrons. The molecule has 8 nitrogen and oxygen atoms in total. The molecule has 0 saturated carbocycles. The summed E-state index contributed by atoms with van der Waals surface area (Å²) in [6.45, 7) is 6.43. The molecular formula is C26H31FN6O2. The third-order valence-corrected chi connectivity index (χ3v) is 5.82. The molecule has 2 heterocycles. The number of rotatable bonds is 10. The fourth-order valence-electron chi connectivity index (χ4n) is 3.80. The number of anilines is 5. The predicted octanol–water partition coefficient (Wildman–Crippen LogP) is 4.74. The summed E-state index contributed by atoms with van der Waals surface area (Å²) in [5.41, 5.74) is 1.99. The molecule has 9 heteroatoms. The van der Waals surface area contributed by atoms with Crippen molar-refractivity contribution < 1.29 is 14.2 Å². The van der Waals surface area contributed by atoms with E-state index in [4.69, 9.17) is 4.74 Å². The summed E-state index contributed by atoms with van der Waals surface area (Å²) in [4.78, 5) is 10.7. The summed E-state index contributed by atoms with van der Waals surface area (Å²) in [5.74, 6) is 1.01. The molecule has 1 fully saturated rings. The second kappa shape index (κ2) is 11.6. The standard InChI is InChI=1S/C26H31FN6O2/c1-3-24(34)29-19-6-4-7-20(14-19)30-25-23(27)16-28-26(32-25)31-21-8-5-9-22(15-21)35-17-18-10-12-33(2)13-11-18/h3-9,14-16,18,24,29,34H,1,10-13,17H2,2H3,(H2,28,30,31,32). The maximum Gasteiger partial charge on any atom is 0.229 e. The second-order valence-electron chi connectivity index (χ2n) is 8.63. The van der Waals surface area contributed by atoms with Crippen molar-refractivity contribution in [2.75, 3.05) is 42.7 Å². The zero-order valence-electron chi connectivity index (χ0n) is 19.7. The number of aliphatic hydroxyl groups is 1. The highest BCUT2D eigenvalue weighted by atomic mass is 19.1. The Balaban J connectivity index is 1.40. The number of nitrogens with zero attached hydrogens (tertiary/aromatic N) is 3. The summed E-state index contributed by atoms with van der Waals surface area (Å²) in [5, 5.41) is 18.6. The highest BCUT2D eigenvalue weighted by Gasteiger charge is 2.17. The van der Waals surface area contributed by atoms with Crippen LogP contribution in [0.1, 0.15) is 12.8 Å². The van der Waals surface area contributed by atoms with Crippen molar-refractivity contribution in [1.82, 2.24) is 14.9 Å². The summed E-state index contributed by atoms with van der Waals surface area (Å²) in [6.07, 6.45) is 3.88. The molecule has 1 atom stereocenters. The van der Waals surface area contributed by atoms with E-state index >= 15 is 0 Å². The van der Waals surface area contributed by atoms with Crippen LogP contribution in [0.5, 0.6) is 5.75 Å². The Labute approximate surface area is 204 Å². The van der Waals surface area contributed by atoms with Crippen molar-refractivity contribution in [3.8, 4) is 5.75 Å². The maximum atomic E-state index is 14.4. The van der Waals surface area contributed by atoms with E-state index in [1.54, 1.807) is 24.3 Å². The molecule has 0 aliphatic carbocycles. The van der Waals surface area contributed by atoms with E-state index in [9.17, 15) is 9.50 Å². The maximum absolute atomic E-state index is 14.4. The molecule has 1 aliphatic rings. The molecule has 0 spiro atoms. The minimum Gasteiger partial charge on any atom is -0.493 e. The fraction of sp³-hybridized carbons (Fsp3) is 0.308. The Hall–Kier alpha value is -3.69. The zero-order valence-corrected chi connectivity index (χ0v) is 19.7. The third-order valence-electron chi connectivity index (χ3n) is 5.82. The second-order valence-corrected chi connectivity index (χ2v) is 8.63. The highest BCUT2D eigenvalue weighted by Crippen LogP contribution is 2.25. The first kappa shape index (κ1) is 24.4. The molecule has 1 aliphatic heterocycles. The highest BCUT2D eigenvalue weighted by molar-refractivity contribution is 5.64. The molecule has 1 aromatic heterocycles. The lowest BCUT2D eigenvalue weighted by atomic mass is 9.98. The van der Waals surface area contributed by atoms with Crippen molar-refractivity contribution in [3.05, 3.63) is 73.2 Å². The van der Waals surface area contributed by atoms with E-state index in [1.807, 2.05) is 24.3 Å². The number of piperidine rings is 1. The van der Waals surface area contributed by atoms with Gasteiger partial charge in [0, 0.05) is 23.1 Å². The van der Waals surface area contributed by atoms with Gasteiger partial charge in [0.1, 0.15) is 12.0 Å². The third kappa shape index (κ3) is 7.14. The minimum atomic E-state index is -0.888. The SMILES string of the molecule is C=CC(O)Nc1cccc(Nc2nc(Nc3cccc(OCC4CCN(C)CC4)c3)ncc2F)c1. The van der Waals surface area contributed by atoms with Crippen LogP contribution < -0.4 is 20.7 Å². The normalized spacial score (nSPS) is 15.3. The molecule has 3 aromatic rings. The van der Waals surface area contributed by atoms with Crippen LogP contribution in [-0.2, 0) is 0 Å². The molecule has 35 heavy (non-hydrogen) atoms. The molecule has 4 N–H and O–H groups in total. The van der Waals surface area contributed by atoms with E-state index < -0.39 is 12.0 Å². The zero-order chi connectivity index (χ0) is 24.6. The van der Waals surface area contributed by atoms with E-state index in [-0.39, 0.29) is 11.8 Å². The van der Waals surface area contributed by atoms with Gasteiger partial charge in [-0.3, -0.25) is 0 Å². The molecule has 0 radical (unpaired) electrons. The number of aliphatic hydroxyl groups excluding tert-OH is 1. The van der Waals surface area contributed by atoms with Crippen LogP contribution in [0.25, 0.3) is 0 Å². The van der Waals surface area contributed by atoms with E-state index in [0.29, 0.717) is 23.9 Å². The van der Waals surface area contributed by atoms with Crippen molar-refractivity contribution >= 4 is 28.8 Å². The van der Waals surface area contributed by atoms with Gasteiger partial charge in [0.15, 0.2) is 11.6 Å². The van der Waals surface area contributed by atoms with Crippen LogP contribution in [-0.4, -0.2) is 52.9 Å². The molecule has 4 rings (SSSR count). The minimum absolute atomic E-state index is 0.0265. The van der Waals surface area contributed by atoms with Crippen LogP contribution in [0.4, 0.5) is 33.2 Å². The molecule has 0 bridgehead atoms. The van der Waals surface area contributed by atoms with Gasteiger partial charge < -0.3 is 30.7 Å². The number of likely N-dealkylation sites (tertiary alicyclic amines) is 1. The first-order valence-corrected chi connectivity index (χ1v) is 11.6. The first-order valence-electron chi connectivity index (χ1n) is 11.6. The lowest BCUT2D eigenvalue weighted by molar-refractivity contribution is 0.160. The molecule has 0 amide bonds. The van der Waals surface area contributed by atoms with Gasteiger partial charge in [-0.25, -0.2) is 9.37 Å². The molecular weight excluding hydrogens is 447 g/mol. The quantitative estimate of drug-likeness (QED) is 0.245. The van der Waals surface area contributed by atoms with Crippen LogP contribution in [0, 0.1) is 11.7 Å². The predicted molar refractivity (Wildman–Crippen MR) is 137 cm³/mol. The van der Waals surface area contributed by atoms with Crippen LogP contribution >= 0.6 is 0 Å². The van der Waals surface area contributed by atoms with E-state index in [2.05, 4.69) is 44.4 Å². The van der Waals surface area contributed by atoms with Crippen molar-refractivity contribution in [3.63, 3.8) is 0 Å². The Morgan fingerprint density at radius 1 is 1.14 bits per heavy atom. The fourth-order valence-corrected chi connectivity index (χ4v) is 3.80. The Morgan fingerprint density at radius 2 is 1.86 bits per heavy atom. The molecule has 2 aromatic carbocycles. The van der Waals surface area contributed by atoms with Gasteiger partial charge in [0.2, 0.25) is 5.95 Å². The van der Waals surface area contributed by atoms with Crippen molar-refractivity contribution in [1.29, 1.82) is 0 Å². The van der Waals surface area contributed by atoms with Crippen LogP contribution in [0.15, 0.2) is 67.4 Å². The van der Waals surface area contributed by atoms with E-state index in [1.165, 1.54) is 6.08 Å². The van der Waals surface area contributed by atoms with Gasteiger partial charge in [-0.05, 0) is 75.3 Å². The van der Waals surface area contributed by atoms with Crippen molar-refractivity contribution in [2.45, 2.75) is 19.1 Å². The Morgan fingerprint density at radius 3 is 2.63 bits per heavy atom. The van der Waals surface area contributed by atoms with Gasteiger partial charge in [-0.2, -0.15) is 4.98 Å². The topological polar surface area (TPSA) is 94.6 Å². The number of halogens is 1. The molecule has 1 unspecified atom stereocenters. The average molecular weight is 479 g/mol. The lowest BCUT2D eigenvalue weighted by Gasteiger charge is -2.28. The summed E-state index contributed by atoms with van der Waals surface area (Å²) < 4.78 is 20.4. The average Bonchev–Trinajstić information content (AvgIpc) is 2.86. The summed E-state index contributed by atoms with van der Waals surface area (Å²) >= 11 is 0. The Kier molecular flexibility index (Phi) is 8.12. The summed E-state index contributed by atoms with van der Waals surface area (Å²) in [6, 6.07) is 14.6. The number of ether oxygens (including phenoxy) is 1. The molecule has 1 saturated heterocycles. The van der Waals surface area contributed by atoms with Crippen LogP contribution in [0.2, 0.25) is 0 Å². The van der Waals surface area contributed by atoms with Gasteiger partial charge >= 0.3 is 0 Å². The van der Waals surface area contributed by atoms with Gasteiger partial charge in [0.05, 0.1) is 12.8 Å². The van der Waals surface area contributed by atoms with Gasteiger partial charge in [0.25, 0.3) is 0 Å². The number of benzene rings is 2. The van der Waals surface area contributed by atoms with E-state index in [0.717, 1.165) is 43.6 Å². The Bertz CT molecular complexity index is 1140. The largest absolute Gasteiger partial charge is 0.493 e. The monoisotopic (exact) mass is 478 g/mol. The number of hydrogen-bond acceptors (Lipinski definition) is 8. The van der Waals surface area contributed by atoms with Gasteiger partial charge in [-0.15, -0.1) is 0 Å².